The molecule has 0 atom stereocenters. The lowest BCUT2D eigenvalue weighted by Crippen LogP contribution is -2.16. The summed E-state index contributed by atoms with van der Waals surface area (Å²) < 4.78 is 1.72. The molecule has 0 aliphatic rings. The molecule has 1 aromatic carbocycles. The predicted molar refractivity (Wildman–Crippen MR) is 81.2 cm³/mol. The summed E-state index contributed by atoms with van der Waals surface area (Å²) in [6, 6.07) is 4.41. The van der Waals surface area contributed by atoms with Crippen LogP contribution in [0.4, 0.5) is 5.69 Å². The van der Waals surface area contributed by atoms with Crippen LogP contribution < -0.4 is 5.32 Å². The van der Waals surface area contributed by atoms with Crippen LogP contribution in [0.5, 0.6) is 5.75 Å². The molecule has 0 saturated carbocycles. The van der Waals surface area contributed by atoms with Crippen LogP contribution in [0.15, 0.2) is 24.4 Å². The topological polar surface area (TPSA) is 54.3 Å². The van der Waals surface area contributed by atoms with E-state index in [2.05, 4.69) is 5.32 Å². The van der Waals surface area contributed by atoms with Crippen molar-refractivity contribution in [2.45, 2.75) is 13.5 Å². The third-order valence-electron chi connectivity index (χ3n) is 2.71. The summed E-state index contributed by atoms with van der Waals surface area (Å²) in [7, 11) is 0. The van der Waals surface area contributed by atoms with Crippen LogP contribution in [0, 0.1) is 0 Å². The van der Waals surface area contributed by atoms with Gasteiger partial charge in [-0.1, -0.05) is 34.8 Å². The van der Waals surface area contributed by atoms with Gasteiger partial charge in [0.25, 0.3) is 5.91 Å². The highest BCUT2D eigenvalue weighted by molar-refractivity contribution is 6.37. The maximum atomic E-state index is 12.2. The lowest BCUT2D eigenvalue weighted by atomic mass is 10.3. The van der Waals surface area contributed by atoms with Crippen molar-refractivity contribution >= 4 is 46.4 Å². The molecule has 0 unspecified atom stereocenters. The number of carbonyl (C=O) groups is 1. The van der Waals surface area contributed by atoms with Crippen molar-refractivity contribution in [3.63, 3.8) is 0 Å². The number of benzene rings is 1. The summed E-state index contributed by atoms with van der Waals surface area (Å²) in [5, 5.41) is 12.7. The number of halogens is 3. The van der Waals surface area contributed by atoms with Gasteiger partial charge >= 0.3 is 0 Å². The van der Waals surface area contributed by atoms with Gasteiger partial charge < -0.3 is 15.0 Å². The first kappa shape index (κ1) is 15.0. The molecule has 0 spiro atoms. The standard InChI is InChI=1S/C13H11Cl3N2O2/c1-2-18-6-7(14)3-11(18)13(20)17-8-4-9(15)12(19)10(16)5-8/h3-6,19H,2H2,1H3,(H,17,20). The first-order valence-corrected chi connectivity index (χ1v) is 6.90. The second-order valence-corrected chi connectivity index (χ2v) is 5.32. The quantitative estimate of drug-likeness (QED) is 0.817. The van der Waals surface area contributed by atoms with Gasteiger partial charge in [0.2, 0.25) is 0 Å². The number of aromatic hydroxyl groups is 1. The highest BCUT2D eigenvalue weighted by Crippen LogP contribution is 2.34. The molecule has 1 aromatic heterocycles. The molecule has 0 bridgehead atoms. The molecule has 4 nitrogen and oxygen atoms in total. The van der Waals surface area contributed by atoms with Gasteiger partial charge in [-0.25, -0.2) is 0 Å². The lowest BCUT2D eigenvalue weighted by Gasteiger charge is -2.09. The molecule has 20 heavy (non-hydrogen) atoms. The lowest BCUT2D eigenvalue weighted by molar-refractivity contribution is 0.101. The average Bonchev–Trinajstić information content (AvgIpc) is 2.77. The van der Waals surface area contributed by atoms with Gasteiger partial charge in [0.1, 0.15) is 5.69 Å². The molecule has 1 heterocycles. The van der Waals surface area contributed by atoms with Gasteiger partial charge in [0.05, 0.1) is 15.1 Å². The van der Waals surface area contributed by atoms with Crippen LogP contribution in [0.1, 0.15) is 17.4 Å². The molecule has 2 aromatic rings. The minimum Gasteiger partial charge on any atom is -0.505 e. The van der Waals surface area contributed by atoms with Gasteiger partial charge in [-0.2, -0.15) is 0 Å². The van der Waals surface area contributed by atoms with E-state index in [4.69, 9.17) is 34.8 Å². The maximum absolute atomic E-state index is 12.2. The fourth-order valence-corrected chi connectivity index (χ4v) is 2.47. The zero-order valence-electron chi connectivity index (χ0n) is 10.5. The number of carbonyl (C=O) groups excluding carboxylic acids is 1. The molecule has 1 amide bonds. The number of aromatic nitrogens is 1. The van der Waals surface area contributed by atoms with Crippen molar-refractivity contribution in [3.8, 4) is 5.75 Å². The van der Waals surface area contributed by atoms with E-state index in [1.807, 2.05) is 6.92 Å². The van der Waals surface area contributed by atoms with E-state index < -0.39 is 0 Å². The summed E-state index contributed by atoms with van der Waals surface area (Å²) in [5.74, 6) is -0.553. The van der Waals surface area contributed by atoms with Gasteiger partial charge in [0.15, 0.2) is 5.75 Å². The van der Waals surface area contributed by atoms with Gasteiger partial charge in [0, 0.05) is 18.4 Å². The molecular weight excluding hydrogens is 323 g/mol. The number of nitrogens with one attached hydrogen (secondary N) is 1. The van der Waals surface area contributed by atoms with E-state index in [1.165, 1.54) is 12.1 Å². The molecule has 106 valence electrons. The fourth-order valence-electron chi connectivity index (χ4n) is 1.76. The first-order chi connectivity index (χ1) is 9.42. The molecule has 7 heteroatoms. The second kappa shape index (κ2) is 5.95. The number of phenols is 1. The third kappa shape index (κ3) is 3.03. The minimum absolute atomic E-state index is 0.0664. The smallest absolute Gasteiger partial charge is 0.272 e. The van der Waals surface area contributed by atoms with Crippen LogP contribution >= 0.6 is 34.8 Å². The second-order valence-electron chi connectivity index (χ2n) is 4.07. The number of hydrogen-bond donors (Lipinski definition) is 2. The Bertz CT molecular complexity index is 645. The van der Waals surface area contributed by atoms with Crippen LogP contribution in [0.2, 0.25) is 15.1 Å². The highest BCUT2D eigenvalue weighted by Gasteiger charge is 2.14. The number of amides is 1. The van der Waals surface area contributed by atoms with Gasteiger partial charge in [-0.3, -0.25) is 4.79 Å². The van der Waals surface area contributed by atoms with Crippen molar-refractivity contribution in [3.05, 3.63) is 45.2 Å². The van der Waals surface area contributed by atoms with Crippen LogP contribution in [-0.4, -0.2) is 15.6 Å². The molecule has 0 aliphatic heterocycles. The summed E-state index contributed by atoms with van der Waals surface area (Å²) in [5.41, 5.74) is 0.820. The number of rotatable bonds is 3. The summed E-state index contributed by atoms with van der Waals surface area (Å²) in [6.45, 7) is 2.52. The Kier molecular flexibility index (Phi) is 4.48. The van der Waals surface area contributed by atoms with Crippen molar-refractivity contribution in [2.75, 3.05) is 5.32 Å². The summed E-state index contributed by atoms with van der Waals surface area (Å²) in [4.78, 5) is 12.2. The zero-order valence-corrected chi connectivity index (χ0v) is 12.7. The molecule has 0 saturated heterocycles. The highest BCUT2D eigenvalue weighted by atomic mass is 35.5. The maximum Gasteiger partial charge on any atom is 0.272 e. The van der Waals surface area contributed by atoms with Crippen molar-refractivity contribution < 1.29 is 9.90 Å². The Morgan fingerprint density at radius 1 is 1.25 bits per heavy atom. The van der Waals surface area contributed by atoms with Crippen LogP contribution in [0.3, 0.4) is 0 Å². The van der Waals surface area contributed by atoms with Crippen LogP contribution in [0.25, 0.3) is 0 Å². The predicted octanol–water partition coefficient (Wildman–Crippen LogP) is 4.43. The Morgan fingerprint density at radius 3 is 2.40 bits per heavy atom. The minimum atomic E-state index is -0.337. The average molecular weight is 334 g/mol. The van der Waals surface area contributed by atoms with E-state index in [9.17, 15) is 9.90 Å². The van der Waals surface area contributed by atoms with Crippen LogP contribution in [-0.2, 0) is 6.54 Å². The van der Waals surface area contributed by atoms with E-state index in [0.717, 1.165) is 0 Å². The first-order valence-electron chi connectivity index (χ1n) is 5.77. The SMILES string of the molecule is CCn1cc(Cl)cc1C(=O)Nc1cc(Cl)c(O)c(Cl)c1. The molecule has 2 rings (SSSR count). The molecule has 0 aliphatic carbocycles. The van der Waals surface area contributed by atoms with Gasteiger partial charge in [-0.15, -0.1) is 0 Å². The van der Waals surface area contributed by atoms with E-state index >= 15 is 0 Å². The molecule has 0 fully saturated rings. The Morgan fingerprint density at radius 2 is 1.85 bits per heavy atom. The largest absolute Gasteiger partial charge is 0.505 e. The number of nitrogens with zero attached hydrogens (tertiary/aromatic N) is 1. The number of anilines is 1. The van der Waals surface area contributed by atoms with E-state index in [-0.39, 0.29) is 21.7 Å². The van der Waals surface area contributed by atoms with Gasteiger partial charge in [-0.05, 0) is 25.1 Å². The molecule has 2 N–H and O–H groups in total. The van der Waals surface area contributed by atoms with E-state index in [0.29, 0.717) is 22.9 Å². The monoisotopic (exact) mass is 332 g/mol. The Hall–Kier alpha value is -1.36. The Balaban J connectivity index is 2.28. The summed E-state index contributed by atoms with van der Waals surface area (Å²) in [6.07, 6.45) is 1.67. The Labute approximate surface area is 130 Å². The normalized spacial score (nSPS) is 10.6. The van der Waals surface area contributed by atoms with Crippen molar-refractivity contribution in [2.24, 2.45) is 0 Å². The summed E-state index contributed by atoms with van der Waals surface area (Å²) >= 11 is 17.5. The molecule has 0 radical (unpaired) electrons. The van der Waals surface area contributed by atoms with Crippen molar-refractivity contribution in [1.82, 2.24) is 4.57 Å². The zero-order chi connectivity index (χ0) is 14.9. The molecular formula is C13H11Cl3N2O2. The number of aryl methyl sites for hydroxylation is 1. The van der Waals surface area contributed by atoms with E-state index in [1.54, 1.807) is 16.8 Å². The number of phenolic OH excluding ortho intramolecular Hbond substituents is 1. The van der Waals surface area contributed by atoms with Crippen molar-refractivity contribution in [1.29, 1.82) is 0 Å². The fraction of sp³-hybridized carbons (Fsp3) is 0.154. The number of hydrogen-bond acceptors (Lipinski definition) is 2. The third-order valence-corrected chi connectivity index (χ3v) is 3.49.